The predicted octanol–water partition coefficient (Wildman–Crippen LogP) is 0.202. The first kappa shape index (κ1) is 14.9. The molecule has 8 nitrogen and oxygen atoms in total. The maximum atomic E-state index is 12.1. The van der Waals surface area contributed by atoms with Crippen LogP contribution in [-0.2, 0) is 19.6 Å². The summed E-state index contributed by atoms with van der Waals surface area (Å²) >= 11 is 0. The molecule has 1 aliphatic rings. The third-order valence-corrected chi connectivity index (χ3v) is 4.79. The molecule has 2 atom stereocenters. The van der Waals surface area contributed by atoms with Gasteiger partial charge in [-0.2, -0.15) is 0 Å². The molecule has 112 valence electrons. The molecule has 0 radical (unpaired) electrons. The number of hydrogen-bond acceptors (Lipinski definition) is 6. The number of aliphatic carboxylic acids is 1. The molecule has 0 spiro atoms. The molecule has 2 rings (SSSR count). The van der Waals surface area contributed by atoms with E-state index in [0.29, 0.717) is 12.8 Å². The molecular formula is C11H16N2O6S. The van der Waals surface area contributed by atoms with Gasteiger partial charge in [-0.1, -0.05) is 5.16 Å². The van der Waals surface area contributed by atoms with Crippen LogP contribution in [0.3, 0.4) is 0 Å². The Morgan fingerprint density at radius 2 is 2.15 bits per heavy atom. The van der Waals surface area contributed by atoms with Gasteiger partial charge in [0.25, 0.3) is 0 Å². The normalized spacial score (nSPS) is 23.1. The van der Waals surface area contributed by atoms with Crippen molar-refractivity contribution >= 4 is 16.0 Å². The fourth-order valence-electron chi connectivity index (χ4n) is 2.17. The molecule has 0 bridgehead atoms. The van der Waals surface area contributed by atoms with Crippen molar-refractivity contribution < 1.29 is 27.6 Å². The Morgan fingerprint density at radius 3 is 2.65 bits per heavy atom. The van der Waals surface area contributed by atoms with E-state index in [0.717, 1.165) is 0 Å². The van der Waals surface area contributed by atoms with E-state index in [1.165, 1.54) is 13.8 Å². The molecule has 1 fully saturated rings. The van der Waals surface area contributed by atoms with Gasteiger partial charge < -0.3 is 14.4 Å². The van der Waals surface area contributed by atoms with Crippen molar-refractivity contribution in [1.29, 1.82) is 0 Å². The standard InChI is InChI=1S/C11H16N2O6S/c1-6-10(7(2)19-13-6)20(16,17)12-5-8-3-4-9(18-8)11(14)15/h8-9,12H,3-5H2,1-2H3,(H,14,15). The van der Waals surface area contributed by atoms with E-state index in [2.05, 4.69) is 9.88 Å². The van der Waals surface area contributed by atoms with Crippen LogP contribution in [0, 0.1) is 13.8 Å². The number of nitrogens with zero attached hydrogens (tertiary/aromatic N) is 1. The number of carboxylic acids is 1. The number of carboxylic acid groups (broad SMARTS) is 1. The van der Waals surface area contributed by atoms with E-state index >= 15 is 0 Å². The first-order valence-electron chi connectivity index (χ1n) is 6.12. The number of nitrogens with one attached hydrogen (secondary N) is 1. The van der Waals surface area contributed by atoms with E-state index in [9.17, 15) is 13.2 Å². The maximum Gasteiger partial charge on any atom is 0.332 e. The largest absolute Gasteiger partial charge is 0.479 e. The molecule has 0 amide bonds. The van der Waals surface area contributed by atoms with Gasteiger partial charge in [-0.05, 0) is 26.7 Å². The summed E-state index contributed by atoms with van der Waals surface area (Å²) in [6.07, 6.45) is -0.413. The second-order valence-electron chi connectivity index (χ2n) is 4.67. The second kappa shape index (κ2) is 5.51. The van der Waals surface area contributed by atoms with Crippen LogP contribution in [0.25, 0.3) is 0 Å². The highest BCUT2D eigenvalue weighted by molar-refractivity contribution is 7.89. The zero-order valence-corrected chi connectivity index (χ0v) is 11.9. The van der Waals surface area contributed by atoms with Gasteiger partial charge in [-0.15, -0.1) is 0 Å². The molecule has 2 heterocycles. The molecule has 0 aromatic carbocycles. The zero-order valence-electron chi connectivity index (χ0n) is 11.1. The number of ether oxygens (including phenoxy) is 1. The lowest BCUT2D eigenvalue weighted by molar-refractivity contribution is -0.149. The maximum absolute atomic E-state index is 12.1. The van der Waals surface area contributed by atoms with E-state index in [-0.39, 0.29) is 22.9 Å². The molecule has 20 heavy (non-hydrogen) atoms. The minimum atomic E-state index is -3.74. The number of aryl methyl sites for hydroxylation is 2. The monoisotopic (exact) mass is 304 g/mol. The lowest BCUT2D eigenvalue weighted by atomic mass is 10.2. The highest BCUT2D eigenvalue weighted by atomic mass is 32.2. The molecule has 1 saturated heterocycles. The van der Waals surface area contributed by atoms with Crippen molar-refractivity contribution in [3.63, 3.8) is 0 Å². The van der Waals surface area contributed by atoms with E-state index in [4.69, 9.17) is 14.4 Å². The molecule has 1 aromatic rings. The third-order valence-electron chi connectivity index (χ3n) is 3.12. The summed E-state index contributed by atoms with van der Waals surface area (Å²) < 4.78 is 36.7. The average molecular weight is 304 g/mol. The van der Waals surface area contributed by atoms with Crippen LogP contribution < -0.4 is 4.72 Å². The second-order valence-corrected chi connectivity index (χ2v) is 6.37. The minimum Gasteiger partial charge on any atom is -0.479 e. The highest BCUT2D eigenvalue weighted by Gasteiger charge is 2.32. The Kier molecular flexibility index (Phi) is 4.11. The summed E-state index contributed by atoms with van der Waals surface area (Å²) in [4.78, 5) is 10.8. The van der Waals surface area contributed by atoms with Gasteiger partial charge in [0.15, 0.2) is 11.9 Å². The van der Waals surface area contributed by atoms with Crippen LogP contribution in [0.15, 0.2) is 9.42 Å². The van der Waals surface area contributed by atoms with Crippen molar-refractivity contribution in [3.05, 3.63) is 11.5 Å². The highest BCUT2D eigenvalue weighted by Crippen LogP contribution is 2.21. The molecule has 0 aliphatic carbocycles. The number of aromatic nitrogens is 1. The van der Waals surface area contributed by atoms with Crippen LogP contribution in [0.5, 0.6) is 0 Å². The summed E-state index contributed by atoms with van der Waals surface area (Å²) in [7, 11) is -3.74. The molecular weight excluding hydrogens is 288 g/mol. The average Bonchev–Trinajstić information content (AvgIpc) is 2.94. The lowest BCUT2D eigenvalue weighted by Crippen LogP contribution is -2.33. The van der Waals surface area contributed by atoms with Crippen LogP contribution >= 0.6 is 0 Å². The number of carbonyl (C=O) groups is 1. The summed E-state index contributed by atoms with van der Waals surface area (Å²) in [6, 6.07) is 0. The molecule has 2 N–H and O–H groups in total. The van der Waals surface area contributed by atoms with Crippen molar-refractivity contribution in [3.8, 4) is 0 Å². The number of sulfonamides is 1. The van der Waals surface area contributed by atoms with Gasteiger partial charge >= 0.3 is 5.97 Å². The molecule has 0 saturated carbocycles. The van der Waals surface area contributed by atoms with Crippen LogP contribution in [0.2, 0.25) is 0 Å². The van der Waals surface area contributed by atoms with Gasteiger partial charge in [0.05, 0.1) is 6.10 Å². The molecule has 2 unspecified atom stereocenters. The first-order chi connectivity index (χ1) is 9.31. The van der Waals surface area contributed by atoms with Gasteiger partial charge in [-0.25, -0.2) is 17.9 Å². The van der Waals surface area contributed by atoms with E-state index in [1.807, 2.05) is 0 Å². The van der Waals surface area contributed by atoms with Crippen LogP contribution in [0.1, 0.15) is 24.3 Å². The van der Waals surface area contributed by atoms with E-state index < -0.39 is 28.2 Å². The number of hydrogen-bond donors (Lipinski definition) is 2. The van der Waals surface area contributed by atoms with Crippen LogP contribution in [0.4, 0.5) is 0 Å². The van der Waals surface area contributed by atoms with Gasteiger partial charge in [0, 0.05) is 6.54 Å². The fraction of sp³-hybridized carbons (Fsp3) is 0.636. The van der Waals surface area contributed by atoms with Crippen molar-refractivity contribution in [2.75, 3.05) is 6.54 Å². The summed E-state index contributed by atoms with van der Waals surface area (Å²) in [5, 5.41) is 12.4. The van der Waals surface area contributed by atoms with Crippen molar-refractivity contribution in [2.24, 2.45) is 0 Å². The summed E-state index contributed by atoms with van der Waals surface area (Å²) in [5.74, 6) is -0.813. The van der Waals surface area contributed by atoms with Crippen molar-refractivity contribution in [2.45, 2.75) is 43.8 Å². The Labute approximate surface area is 116 Å². The first-order valence-corrected chi connectivity index (χ1v) is 7.60. The molecule has 1 aromatic heterocycles. The van der Waals surface area contributed by atoms with Gasteiger partial charge in [-0.3, -0.25) is 0 Å². The SMILES string of the molecule is Cc1noc(C)c1S(=O)(=O)NCC1CCC(C(=O)O)O1. The Bertz CT molecular complexity index is 589. The smallest absolute Gasteiger partial charge is 0.332 e. The van der Waals surface area contributed by atoms with Crippen molar-refractivity contribution in [1.82, 2.24) is 9.88 Å². The topological polar surface area (TPSA) is 119 Å². The minimum absolute atomic E-state index is 0.0188. The zero-order chi connectivity index (χ0) is 14.9. The Balaban J connectivity index is 1.99. The summed E-state index contributed by atoms with van der Waals surface area (Å²) in [5.41, 5.74) is 0.283. The lowest BCUT2D eigenvalue weighted by Gasteiger charge is -2.12. The quantitative estimate of drug-likeness (QED) is 0.797. The van der Waals surface area contributed by atoms with Gasteiger partial charge in [0.1, 0.15) is 10.6 Å². The summed E-state index contributed by atoms with van der Waals surface area (Å²) in [6.45, 7) is 3.08. The number of rotatable bonds is 5. The third kappa shape index (κ3) is 3.00. The Morgan fingerprint density at radius 1 is 1.45 bits per heavy atom. The molecule has 9 heteroatoms. The Hall–Kier alpha value is -1.45. The van der Waals surface area contributed by atoms with Crippen LogP contribution in [-0.4, -0.2) is 43.4 Å². The molecule has 1 aliphatic heterocycles. The van der Waals surface area contributed by atoms with E-state index in [1.54, 1.807) is 0 Å². The predicted molar refractivity (Wildman–Crippen MR) is 66.7 cm³/mol. The van der Waals surface area contributed by atoms with Gasteiger partial charge in [0.2, 0.25) is 10.0 Å². The fourth-order valence-corrected chi connectivity index (χ4v) is 3.56.